The zero-order valence-corrected chi connectivity index (χ0v) is 20.1. The van der Waals surface area contributed by atoms with Gasteiger partial charge in [-0.1, -0.05) is 0 Å². The van der Waals surface area contributed by atoms with Gasteiger partial charge in [-0.05, 0) is 0 Å². The third kappa shape index (κ3) is 9.50. The van der Waals surface area contributed by atoms with Crippen LogP contribution in [-0.4, -0.2) is 40.1 Å². The molecule has 0 radical (unpaired) electrons. The molecule has 0 aromatic rings. The molecule has 0 bridgehead atoms. The van der Waals surface area contributed by atoms with Crippen molar-refractivity contribution in [3.63, 3.8) is 0 Å². The molecular weight excluding hydrogens is 395 g/mol. The summed E-state index contributed by atoms with van der Waals surface area (Å²) in [6.07, 6.45) is -3.59. The second-order valence-corrected chi connectivity index (χ2v) is 5.98. The summed E-state index contributed by atoms with van der Waals surface area (Å²) in [6, 6.07) is 0. The van der Waals surface area contributed by atoms with Gasteiger partial charge in [0.15, 0.2) is 11.9 Å². The quantitative estimate of drug-likeness (QED) is 0.215. The van der Waals surface area contributed by atoms with Crippen molar-refractivity contribution in [3.05, 3.63) is 11.5 Å². The Bertz CT molecular complexity index is 531. The van der Waals surface area contributed by atoms with Crippen LogP contribution in [0.2, 0.25) is 0 Å². The Hall–Kier alpha value is 2.03. The van der Waals surface area contributed by atoms with E-state index >= 15 is 0 Å². The normalized spacial score (nSPS) is 21.1. The van der Waals surface area contributed by atoms with Crippen molar-refractivity contribution in [2.45, 2.75) is 12.2 Å². The van der Waals surface area contributed by atoms with Gasteiger partial charge < -0.3 is 43.8 Å². The molecule has 1 rings (SSSR count). The molecule has 3 N–H and O–H groups in total. The molecule has 1 heterocycles. The first-order chi connectivity index (χ1) is 8.97. The minimum atomic E-state index is -5.97. The van der Waals surface area contributed by atoms with Crippen molar-refractivity contribution in [3.8, 4) is 0 Å². The Labute approximate surface area is 195 Å². The standard InChI is InChI=1S/C6H10O12P2.3Na/c7-1-2(8)4-3(9)5(6(10)16-4)17-20(14,15)18-19(11,12)13;;;/h2,4,7-9H,1H2,(H,14,15)(H2,11,12,13);;;/q;3*+1/p-3/t2-,4+;;;/m0.../s1. The van der Waals surface area contributed by atoms with Crippen molar-refractivity contribution >= 4 is 21.6 Å². The number of aliphatic hydroxyl groups is 3. The zero-order chi connectivity index (χ0) is 15.7. The number of carbonyl (C=O) groups is 1. The van der Waals surface area contributed by atoms with Crippen molar-refractivity contribution in [2.24, 2.45) is 0 Å². The van der Waals surface area contributed by atoms with Crippen LogP contribution >= 0.6 is 15.6 Å². The molecule has 3 atom stereocenters. The maximum Gasteiger partial charge on any atom is 1.00 e. The van der Waals surface area contributed by atoms with Gasteiger partial charge in [-0.15, -0.1) is 0 Å². The maximum atomic E-state index is 11.2. The molecule has 0 saturated carbocycles. The minimum absolute atomic E-state index is 0. The van der Waals surface area contributed by atoms with Crippen LogP contribution in [0.5, 0.6) is 0 Å². The number of phosphoric acid groups is 2. The number of ether oxygens (including phenoxy) is 1. The molecule has 0 aromatic carbocycles. The number of cyclic esters (lactones) is 1. The van der Waals surface area contributed by atoms with E-state index in [-0.39, 0.29) is 88.7 Å². The molecule has 0 spiro atoms. The maximum absolute atomic E-state index is 11.2. The molecule has 12 nitrogen and oxygen atoms in total. The van der Waals surface area contributed by atoms with E-state index in [4.69, 9.17) is 10.2 Å². The molecule has 0 aromatic heterocycles. The topological polar surface area (TPSA) is 209 Å². The van der Waals surface area contributed by atoms with E-state index in [0.717, 1.165) is 0 Å². The Morgan fingerprint density at radius 1 is 1.22 bits per heavy atom. The Balaban J connectivity index is -0.00000133. The van der Waals surface area contributed by atoms with Crippen LogP contribution in [0.1, 0.15) is 0 Å². The van der Waals surface area contributed by atoms with Gasteiger partial charge in [0.1, 0.15) is 6.10 Å². The molecule has 1 aliphatic heterocycles. The van der Waals surface area contributed by atoms with Gasteiger partial charge in [0.05, 0.1) is 14.4 Å². The molecular formula is C6H7Na3O12P2. The Morgan fingerprint density at radius 2 is 1.70 bits per heavy atom. The summed E-state index contributed by atoms with van der Waals surface area (Å²) in [5.74, 6) is -4.19. The summed E-state index contributed by atoms with van der Waals surface area (Å²) in [7, 11) is -11.8. The van der Waals surface area contributed by atoms with Crippen molar-refractivity contribution in [2.75, 3.05) is 6.61 Å². The second kappa shape index (κ2) is 11.7. The van der Waals surface area contributed by atoms with Crippen LogP contribution in [0.4, 0.5) is 0 Å². The van der Waals surface area contributed by atoms with Crippen LogP contribution < -0.4 is 103 Å². The summed E-state index contributed by atoms with van der Waals surface area (Å²) in [5, 5.41) is 27.1. The first-order valence-corrected chi connectivity index (χ1v) is 7.56. The molecule has 1 unspecified atom stereocenters. The molecule has 116 valence electrons. The summed E-state index contributed by atoms with van der Waals surface area (Å²) < 4.78 is 32.2. The van der Waals surface area contributed by atoms with Crippen molar-refractivity contribution < 1.29 is 146 Å². The van der Waals surface area contributed by atoms with E-state index in [1.165, 1.54) is 0 Å². The van der Waals surface area contributed by atoms with Crippen molar-refractivity contribution in [1.29, 1.82) is 0 Å². The fraction of sp³-hybridized carbons (Fsp3) is 0.500. The fourth-order valence-corrected chi connectivity index (χ4v) is 2.65. The van der Waals surface area contributed by atoms with E-state index in [1.54, 1.807) is 0 Å². The van der Waals surface area contributed by atoms with Gasteiger partial charge >= 0.3 is 102 Å². The number of hydrogen-bond acceptors (Lipinski definition) is 12. The molecule has 0 fully saturated rings. The van der Waals surface area contributed by atoms with Crippen LogP contribution in [0.3, 0.4) is 0 Å². The number of esters is 1. The first-order valence-electron chi connectivity index (χ1n) is 4.64. The fourth-order valence-electron chi connectivity index (χ4n) is 1.15. The number of rotatable bonds is 6. The van der Waals surface area contributed by atoms with E-state index in [2.05, 4.69) is 13.6 Å². The molecule has 23 heavy (non-hydrogen) atoms. The molecule has 0 aliphatic carbocycles. The smallest absolute Gasteiger partial charge is 0.789 e. The molecule has 0 amide bonds. The molecule has 1 aliphatic rings. The number of aliphatic hydroxyl groups excluding tert-OH is 3. The number of carbonyl (C=O) groups excluding carboxylic acids is 1. The van der Waals surface area contributed by atoms with Crippen LogP contribution in [0.15, 0.2) is 11.5 Å². The van der Waals surface area contributed by atoms with Gasteiger partial charge in [-0.25, -0.2) is 4.79 Å². The van der Waals surface area contributed by atoms with Gasteiger partial charge in [-0.2, -0.15) is 0 Å². The van der Waals surface area contributed by atoms with Crippen LogP contribution in [0, 0.1) is 0 Å². The monoisotopic (exact) mass is 402 g/mol. The van der Waals surface area contributed by atoms with Gasteiger partial charge in [0.25, 0.3) is 5.76 Å². The Kier molecular flexibility index (Phi) is 15.1. The predicted molar refractivity (Wildman–Crippen MR) is 50.0 cm³/mol. The molecule has 17 heteroatoms. The van der Waals surface area contributed by atoms with Crippen LogP contribution in [-0.2, 0) is 27.5 Å². The van der Waals surface area contributed by atoms with Gasteiger partial charge in [-0.3, -0.25) is 8.88 Å². The third-order valence-corrected chi connectivity index (χ3v) is 3.87. The van der Waals surface area contributed by atoms with E-state index in [0.29, 0.717) is 0 Å². The summed E-state index contributed by atoms with van der Waals surface area (Å²) in [4.78, 5) is 42.4. The van der Waals surface area contributed by atoms with E-state index in [1.807, 2.05) is 0 Å². The number of phosphoric ester groups is 1. The summed E-state index contributed by atoms with van der Waals surface area (Å²) in [5.41, 5.74) is 0. The zero-order valence-electron chi connectivity index (χ0n) is 12.3. The van der Waals surface area contributed by atoms with E-state index < -0.39 is 51.9 Å². The third-order valence-electron chi connectivity index (χ3n) is 1.86. The minimum Gasteiger partial charge on any atom is -0.789 e. The van der Waals surface area contributed by atoms with Crippen LogP contribution in [0.25, 0.3) is 0 Å². The SMILES string of the molecule is O=C1O[C@H]([C@@H](O)CO)C(O)=C1OP(=O)([O-])OP(=O)([O-])[O-].[Na+].[Na+].[Na+]. The Morgan fingerprint density at radius 3 is 2.09 bits per heavy atom. The largest absolute Gasteiger partial charge is 1.00 e. The first kappa shape index (κ1) is 29.8. The van der Waals surface area contributed by atoms with Crippen molar-refractivity contribution in [1.82, 2.24) is 0 Å². The second-order valence-electron chi connectivity index (χ2n) is 3.36. The predicted octanol–water partition coefficient (Wildman–Crippen LogP) is -12.6. The molecule has 0 saturated heterocycles. The van der Waals surface area contributed by atoms with Gasteiger partial charge in [0, 0.05) is 0 Å². The average molecular weight is 402 g/mol. The summed E-state index contributed by atoms with van der Waals surface area (Å²) >= 11 is 0. The number of hydrogen-bond donors (Lipinski definition) is 3. The average Bonchev–Trinajstić information content (AvgIpc) is 2.52. The summed E-state index contributed by atoms with van der Waals surface area (Å²) in [6.45, 7) is -0.947. The van der Waals surface area contributed by atoms with Gasteiger partial charge in [0.2, 0.25) is 0 Å². The van der Waals surface area contributed by atoms with E-state index in [9.17, 15) is 33.7 Å².